The Morgan fingerprint density at radius 1 is 1.73 bits per heavy atom. The van der Waals surface area contributed by atoms with Crippen LogP contribution in [0.5, 0.6) is 0 Å². The second-order valence-corrected chi connectivity index (χ2v) is 5.66. The minimum absolute atomic E-state index is 0.309. The molecular formula is C7H7BrO2S. The van der Waals surface area contributed by atoms with Crippen LogP contribution in [0.4, 0.5) is 0 Å². The van der Waals surface area contributed by atoms with Crippen molar-refractivity contribution in [2.45, 2.75) is 0 Å². The van der Waals surface area contributed by atoms with Gasteiger partial charge in [-0.2, -0.15) is 9.33 Å². The Morgan fingerprint density at radius 2 is 2.45 bits per heavy atom. The van der Waals surface area contributed by atoms with Crippen LogP contribution in [-0.2, 0) is 4.79 Å². The van der Waals surface area contributed by atoms with Gasteiger partial charge in [0, 0.05) is 6.08 Å². The van der Waals surface area contributed by atoms with Gasteiger partial charge in [0.05, 0.1) is 0 Å². The lowest BCUT2D eigenvalue weighted by atomic mass is 10.3. The van der Waals surface area contributed by atoms with Crippen molar-refractivity contribution in [1.29, 1.82) is 0 Å². The van der Waals surface area contributed by atoms with E-state index in [1.165, 1.54) is 0 Å². The molecular weight excluding hydrogens is 228 g/mol. The molecule has 0 bridgehead atoms. The molecule has 11 heavy (non-hydrogen) atoms. The molecule has 1 N–H and O–H groups in total. The molecule has 1 atom stereocenters. The first-order valence-electron chi connectivity index (χ1n) is 2.93. The van der Waals surface area contributed by atoms with Crippen molar-refractivity contribution in [2.75, 3.05) is 0 Å². The van der Waals surface area contributed by atoms with Gasteiger partial charge in [0.1, 0.15) is 0 Å². The van der Waals surface area contributed by atoms with Crippen molar-refractivity contribution in [3.8, 4) is 0 Å². The van der Waals surface area contributed by atoms with Crippen molar-refractivity contribution >= 4 is 30.1 Å². The van der Waals surface area contributed by atoms with Gasteiger partial charge in [0.25, 0.3) is 0 Å². The zero-order chi connectivity index (χ0) is 8.27. The Bertz CT molecular complexity index is 255. The Morgan fingerprint density at radius 3 is 2.91 bits per heavy atom. The van der Waals surface area contributed by atoms with Crippen LogP contribution < -0.4 is 0 Å². The highest BCUT2D eigenvalue weighted by molar-refractivity contribution is 9.55. The summed E-state index contributed by atoms with van der Waals surface area (Å²) in [6, 6.07) is 0. The predicted octanol–water partition coefficient (Wildman–Crippen LogP) is 2.35. The third-order valence-electron chi connectivity index (χ3n) is 1.10. The third-order valence-corrected chi connectivity index (χ3v) is 3.40. The second-order valence-electron chi connectivity index (χ2n) is 1.96. The van der Waals surface area contributed by atoms with Crippen molar-refractivity contribution in [2.24, 2.45) is 0 Å². The summed E-state index contributed by atoms with van der Waals surface area (Å²) in [5.74, 6) is -0.912. The number of hydrogen-bond acceptors (Lipinski definition) is 1. The van der Waals surface area contributed by atoms with E-state index in [9.17, 15) is 4.79 Å². The summed E-state index contributed by atoms with van der Waals surface area (Å²) in [6.07, 6.45) is 4.62. The van der Waals surface area contributed by atoms with Crippen LogP contribution in [0.2, 0.25) is 0 Å². The molecule has 4 heteroatoms. The first-order valence-corrected chi connectivity index (χ1v) is 6.43. The maximum Gasteiger partial charge on any atom is 0.328 e. The van der Waals surface area contributed by atoms with Crippen LogP contribution in [0.3, 0.4) is 0 Å². The average Bonchev–Trinajstić information content (AvgIpc) is 2.31. The van der Waals surface area contributed by atoms with Gasteiger partial charge >= 0.3 is 5.97 Å². The Hall–Kier alpha value is -0.480. The predicted molar refractivity (Wildman–Crippen MR) is 51.9 cm³/mol. The second kappa shape index (κ2) is 3.78. The monoisotopic (exact) mass is 234 g/mol. The highest BCUT2D eigenvalue weighted by atomic mass is 79.9. The van der Waals surface area contributed by atoms with Crippen LogP contribution in [0.1, 0.15) is 0 Å². The molecule has 0 aromatic carbocycles. The fraction of sp³-hybridized carbons (Fsp3) is 0. The number of hydrogen-bond donors (Lipinski definition) is 2. The van der Waals surface area contributed by atoms with Crippen molar-refractivity contribution < 1.29 is 9.90 Å². The number of halogens is 1. The lowest BCUT2D eigenvalue weighted by Crippen LogP contribution is -1.85. The lowest BCUT2D eigenvalue weighted by Gasteiger charge is -1.91. The van der Waals surface area contributed by atoms with E-state index in [4.69, 9.17) is 5.11 Å². The largest absolute Gasteiger partial charge is 0.478 e. The van der Waals surface area contributed by atoms with Crippen LogP contribution in [0, 0.1) is 0 Å². The summed E-state index contributed by atoms with van der Waals surface area (Å²) in [7, 11) is -0.309. The quantitative estimate of drug-likeness (QED) is 0.569. The Balaban J connectivity index is 2.58. The molecule has 0 amide bonds. The fourth-order valence-electron chi connectivity index (χ4n) is 0.652. The summed E-state index contributed by atoms with van der Waals surface area (Å²) in [4.78, 5) is 10.1. The van der Waals surface area contributed by atoms with Gasteiger partial charge in [0.15, 0.2) is 0 Å². The molecule has 1 aliphatic heterocycles. The summed E-state index contributed by atoms with van der Waals surface area (Å²) in [5, 5.41) is 12.3. The van der Waals surface area contributed by atoms with E-state index < -0.39 is 5.97 Å². The molecule has 0 aromatic rings. The van der Waals surface area contributed by atoms with E-state index in [0.29, 0.717) is 0 Å². The first kappa shape index (κ1) is 8.62. The number of allylic oxidation sites excluding steroid dienone is 3. The van der Waals surface area contributed by atoms with Crippen LogP contribution >= 0.6 is 24.1 Å². The number of carboxylic acid groups (broad SMARTS) is 1. The van der Waals surface area contributed by atoms with Crippen molar-refractivity contribution in [3.05, 3.63) is 34.6 Å². The maximum absolute atomic E-state index is 10.1. The van der Waals surface area contributed by atoms with E-state index in [-0.39, 0.29) is 9.33 Å². The number of thiol groups is 1. The van der Waals surface area contributed by atoms with Gasteiger partial charge < -0.3 is 5.11 Å². The highest BCUT2D eigenvalue weighted by Crippen LogP contribution is 2.42. The molecule has 60 valence electrons. The van der Waals surface area contributed by atoms with Gasteiger partial charge in [0.2, 0.25) is 0 Å². The molecule has 0 aromatic heterocycles. The molecule has 1 heterocycles. The summed E-state index contributed by atoms with van der Waals surface area (Å²) in [6.45, 7) is 0. The third kappa shape index (κ3) is 2.95. The van der Waals surface area contributed by atoms with E-state index in [1.54, 1.807) is 6.08 Å². The zero-order valence-electron chi connectivity index (χ0n) is 5.57. The minimum atomic E-state index is -0.912. The van der Waals surface area contributed by atoms with Gasteiger partial charge in [-0.3, -0.25) is 0 Å². The Kier molecular flexibility index (Phi) is 2.96. The van der Waals surface area contributed by atoms with E-state index in [1.807, 2.05) is 16.9 Å². The standard InChI is InChI=1S/C7H7BrO2S/c8-11-4-3-6(5-11)1-2-7(9)10/h1-5,11H,(H,9,10)/b2-1+. The Labute approximate surface area is 74.8 Å². The van der Waals surface area contributed by atoms with Crippen molar-refractivity contribution in [3.63, 3.8) is 0 Å². The lowest BCUT2D eigenvalue weighted by molar-refractivity contribution is -0.131. The topological polar surface area (TPSA) is 37.3 Å². The van der Waals surface area contributed by atoms with Crippen molar-refractivity contribution in [1.82, 2.24) is 0 Å². The highest BCUT2D eigenvalue weighted by Gasteiger charge is 1.99. The van der Waals surface area contributed by atoms with E-state index in [2.05, 4.69) is 14.8 Å². The summed E-state index contributed by atoms with van der Waals surface area (Å²) in [5.41, 5.74) is 0.954. The summed E-state index contributed by atoms with van der Waals surface area (Å²) < 4.78 is 0. The summed E-state index contributed by atoms with van der Waals surface area (Å²) >= 11 is 3.41. The number of aliphatic carboxylic acids is 1. The number of carboxylic acids is 1. The van der Waals surface area contributed by atoms with E-state index in [0.717, 1.165) is 11.6 Å². The maximum atomic E-state index is 10.1. The van der Waals surface area contributed by atoms with E-state index >= 15 is 0 Å². The van der Waals surface area contributed by atoms with Crippen LogP contribution in [0.25, 0.3) is 0 Å². The molecule has 2 nitrogen and oxygen atoms in total. The molecule has 0 spiro atoms. The SMILES string of the molecule is O=C(O)/C=C/C1=C[SH](Br)C=C1. The van der Waals surface area contributed by atoms with Gasteiger partial charge in [-0.1, -0.05) is 0 Å². The molecule has 1 aliphatic rings. The number of carbonyl (C=O) groups is 1. The van der Waals surface area contributed by atoms with Crippen LogP contribution in [-0.4, -0.2) is 11.1 Å². The minimum Gasteiger partial charge on any atom is -0.478 e. The average molecular weight is 235 g/mol. The molecule has 0 saturated carbocycles. The fourth-order valence-corrected chi connectivity index (χ4v) is 2.57. The molecule has 1 rings (SSSR count). The molecule has 0 fully saturated rings. The van der Waals surface area contributed by atoms with Crippen LogP contribution in [0.15, 0.2) is 34.6 Å². The molecule has 0 saturated heterocycles. The van der Waals surface area contributed by atoms with Gasteiger partial charge in [-0.25, -0.2) is 4.79 Å². The number of rotatable bonds is 2. The smallest absolute Gasteiger partial charge is 0.328 e. The van der Waals surface area contributed by atoms with Gasteiger partial charge in [-0.15, -0.1) is 0 Å². The molecule has 0 radical (unpaired) electrons. The molecule has 0 aliphatic carbocycles. The zero-order valence-corrected chi connectivity index (χ0v) is 8.05. The van der Waals surface area contributed by atoms with Gasteiger partial charge in [-0.05, 0) is 43.4 Å². The first-order chi connectivity index (χ1) is 5.18. The molecule has 1 unspecified atom stereocenters. The normalized spacial score (nSPS) is 25.9.